The van der Waals surface area contributed by atoms with Gasteiger partial charge >= 0.3 is 11.8 Å². The molecule has 0 aliphatic rings. The van der Waals surface area contributed by atoms with E-state index in [0.29, 0.717) is 6.54 Å². The molecular formula is C18H21N5O3. The standard InChI is InChI=1S/C18H21N5O3/c1-22(2)15(13-11-23(3)14-7-5-4-6-12(13)14)10-19-17(24)18(25)20-16-8-9-26-21-16/h4-9,11,15H,10H2,1-3H3,(H,19,24)(H,20,21,25). The predicted octanol–water partition coefficient (Wildman–Crippen LogP) is 1.52. The molecule has 2 aromatic heterocycles. The highest BCUT2D eigenvalue weighted by molar-refractivity contribution is 6.39. The van der Waals surface area contributed by atoms with Crippen molar-refractivity contribution in [3.8, 4) is 0 Å². The molecule has 3 aromatic rings. The summed E-state index contributed by atoms with van der Waals surface area (Å²) < 4.78 is 6.68. The molecule has 0 aliphatic heterocycles. The lowest BCUT2D eigenvalue weighted by Gasteiger charge is -2.24. The number of hydrogen-bond donors (Lipinski definition) is 2. The van der Waals surface area contributed by atoms with Crippen molar-refractivity contribution in [1.29, 1.82) is 0 Å². The van der Waals surface area contributed by atoms with Crippen LogP contribution in [0.4, 0.5) is 5.82 Å². The van der Waals surface area contributed by atoms with Gasteiger partial charge in [-0.1, -0.05) is 23.4 Å². The van der Waals surface area contributed by atoms with Gasteiger partial charge in [-0.05, 0) is 25.7 Å². The summed E-state index contributed by atoms with van der Waals surface area (Å²) in [4.78, 5) is 26.0. The van der Waals surface area contributed by atoms with E-state index in [9.17, 15) is 9.59 Å². The number of para-hydroxylation sites is 1. The number of aromatic nitrogens is 2. The Morgan fingerprint density at radius 2 is 2.00 bits per heavy atom. The minimum absolute atomic E-state index is 0.0788. The van der Waals surface area contributed by atoms with Crippen molar-refractivity contribution in [1.82, 2.24) is 19.9 Å². The molecule has 8 heteroatoms. The van der Waals surface area contributed by atoms with Gasteiger partial charge in [0.25, 0.3) is 0 Å². The van der Waals surface area contributed by atoms with Gasteiger partial charge in [0.05, 0.1) is 6.04 Å². The summed E-state index contributed by atoms with van der Waals surface area (Å²) in [5.41, 5.74) is 2.20. The van der Waals surface area contributed by atoms with Crippen LogP contribution in [0.1, 0.15) is 11.6 Å². The molecule has 8 nitrogen and oxygen atoms in total. The fourth-order valence-corrected chi connectivity index (χ4v) is 2.93. The SMILES string of the molecule is CN(C)C(CNC(=O)C(=O)Nc1ccon1)c1cn(C)c2ccccc12. The molecule has 2 amide bonds. The third kappa shape index (κ3) is 3.60. The molecule has 0 radical (unpaired) electrons. The van der Waals surface area contributed by atoms with Gasteiger partial charge in [0.15, 0.2) is 5.82 Å². The quantitative estimate of drug-likeness (QED) is 0.677. The highest BCUT2D eigenvalue weighted by atomic mass is 16.5. The van der Waals surface area contributed by atoms with Gasteiger partial charge in [0.2, 0.25) is 0 Å². The largest absolute Gasteiger partial charge is 0.363 e. The van der Waals surface area contributed by atoms with Crippen LogP contribution in [0.5, 0.6) is 0 Å². The molecule has 1 unspecified atom stereocenters. The lowest BCUT2D eigenvalue weighted by atomic mass is 10.0. The maximum atomic E-state index is 12.1. The molecule has 1 aromatic carbocycles. The predicted molar refractivity (Wildman–Crippen MR) is 97.5 cm³/mol. The van der Waals surface area contributed by atoms with Crippen LogP contribution in [0, 0.1) is 0 Å². The molecule has 26 heavy (non-hydrogen) atoms. The number of likely N-dealkylation sites (N-methyl/N-ethyl adjacent to an activating group) is 1. The van der Waals surface area contributed by atoms with E-state index in [1.165, 1.54) is 12.3 Å². The summed E-state index contributed by atoms with van der Waals surface area (Å²) in [7, 11) is 5.87. The maximum absolute atomic E-state index is 12.1. The van der Waals surface area contributed by atoms with Crippen LogP contribution in [0.2, 0.25) is 0 Å². The zero-order chi connectivity index (χ0) is 18.7. The van der Waals surface area contributed by atoms with Crippen molar-refractivity contribution in [2.24, 2.45) is 7.05 Å². The minimum atomic E-state index is -0.783. The van der Waals surface area contributed by atoms with Gasteiger partial charge in [-0.3, -0.25) is 14.9 Å². The average Bonchev–Trinajstić information content (AvgIpc) is 3.23. The van der Waals surface area contributed by atoms with Crippen LogP contribution >= 0.6 is 0 Å². The number of benzene rings is 1. The minimum Gasteiger partial charge on any atom is -0.363 e. The smallest absolute Gasteiger partial charge is 0.314 e. The van der Waals surface area contributed by atoms with Crippen LogP contribution < -0.4 is 10.6 Å². The van der Waals surface area contributed by atoms with E-state index in [0.717, 1.165) is 16.5 Å². The summed E-state index contributed by atoms with van der Waals surface area (Å²) in [5.74, 6) is -1.31. The molecular weight excluding hydrogens is 334 g/mol. The molecule has 3 rings (SSSR count). The molecule has 0 saturated carbocycles. The van der Waals surface area contributed by atoms with Crippen LogP contribution in [-0.4, -0.2) is 47.1 Å². The second-order valence-electron chi connectivity index (χ2n) is 6.24. The Labute approximate surface area is 150 Å². The van der Waals surface area contributed by atoms with Crippen molar-refractivity contribution < 1.29 is 14.1 Å². The van der Waals surface area contributed by atoms with Gasteiger partial charge in [-0.15, -0.1) is 0 Å². The number of fused-ring (bicyclic) bond motifs is 1. The summed E-state index contributed by atoms with van der Waals surface area (Å²) in [6.07, 6.45) is 3.37. The fourth-order valence-electron chi connectivity index (χ4n) is 2.93. The van der Waals surface area contributed by atoms with Crippen LogP contribution in [0.15, 0.2) is 47.3 Å². The summed E-state index contributed by atoms with van der Waals surface area (Å²) >= 11 is 0. The Balaban J connectivity index is 1.72. The highest BCUT2D eigenvalue weighted by Gasteiger charge is 2.22. The summed E-state index contributed by atoms with van der Waals surface area (Å²) in [5, 5.41) is 9.73. The monoisotopic (exact) mass is 355 g/mol. The number of rotatable bonds is 5. The van der Waals surface area contributed by atoms with Crippen LogP contribution in [0.3, 0.4) is 0 Å². The van der Waals surface area contributed by atoms with Crippen molar-refractivity contribution in [3.05, 3.63) is 48.4 Å². The van der Waals surface area contributed by atoms with E-state index in [2.05, 4.69) is 43.2 Å². The van der Waals surface area contributed by atoms with Crippen LogP contribution in [0.25, 0.3) is 10.9 Å². The number of anilines is 1. The van der Waals surface area contributed by atoms with Crippen LogP contribution in [-0.2, 0) is 16.6 Å². The molecule has 2 N–H and O–H groups in total. The molecule has 0 aliphatic carbocycles. The lowest BCUT2D eigenvalue weighted by Crippen LogP contribution is -2.40. The first-order chi connectivity index (χ1) is 12.5. The number of aryl methyl sites for hydroxylation is 1. The summed E-state index contributed by atoms with van der Waals surface area (Å²) in [6, 6.07) is 9.47. The molecule has 2 heterocycles. The van der Waals surface area contributed by atoms with Crippen molar-refractivity contribution >= 4 is 28.5 Å². The third-order valence-corrected chi connectivity index (χ3v) is 4.25. The normalized spacial score (nSPS) is 12.3. The van der Waals surface area contributed by atoms with E-state index < -0.39 is 11.8 Å². The second-order valence-corrected chi connectivity index (χ2v) is 6.24. The Morgan fingerprint density at radius 3 is 2.69 bits per heavy atom. The van der Waals surface area contributed by atoms with Crippen molar-refractivity contribution in [3.63, 3.8) is 0 Å². The topological polar surface area (TPSA) is 92.4 Å². The highest BCUT2D eigenvalue weighted by Crippen LogP contribution is 2.28. The number of carbonyl (C=O) groups is 2. The van der Waals surface area contributed by atoms with Gasteiger partial charge in [-0.25, -0.2) is 0 Å². The third-order valence-electron chi connectivity index (χ3n) is 4.25. The molecule has 0 spiro atoms. The maximum Gasteiger partial charge on any atom is 0.314 e. The fraction of sp³-hybridized carbons (Fsp3) is 0.278. The first-order valence-electron chi connectivity index (χ1n) is 8.17. The van der Waals surface area contributed by atoms with Gasteiger partial charge < -0.3 is 19.3 Å². The number of nitrogens with one attached hydrogen (secondary N) is 2. The molecule has 1 atom stereocenters. The van der Waals surface area contributed by atoms with Crippen molar-refractivity contribution in [2.75, 3.05) is 26.0 Å². The number of carbonyl (C=O) groups excluding carboxylic acids is 2. The van der Waals surface area contributed by atoms with E-state index in [1.54, 1.807) is 0 Å². The molecule has 136 valence electrons. The van der Waals surface area contributed by atoms with Gasteiger partial charge in [0.1, 0.15) is 6.26 Å². The van der Waals surface area contributed by atoms with E-state index in [4.69, 9.17) is 0 Å². The van der Waals surface area contributed by atoms with Gasteiger partial charge in [0, 0.05) is 36.8 Å². The molecule has 0 bridgehead atoms. The zero-order valence-corrected chi connectivity index (χ0v) is 14.9. The first kappa shape index (κ1) is 17.7. The summed E-state index contributed by atoms with van der Waals surface area (Å²) in [6.45, 7) is 0.298. The Hall–Kier alpha value is -3.13. The van der Waals surface area contributed by atoms with Crippen molar-refractivity contribution in [2.45, 2.75) is 6.04 Å². The lowest BCUT2D eigenvalue weighted by molar-refractivity contribution is -0.136. The number of nitrogens with zero attached hydrogens (tertiary/aromatic N) is 3. The Morgan fingerprint density at radius 1 is 1.23 bits per heavy atom. The zero-order valence-electron chi connectivity index (χ0n) is 14.9. The molecule has 0 fully saturated rings. The van der Waals surface area contributed by atoms with E-state index in [-0.39, 0.29) is 11.9 Å². The Bertz CT molecular complexity index is 914. The Kier molecular flexibility index (Phi) is 5.04. The molecule has 0 saturated heterocycles. The first-order valence-corrected chi connectivity index (χ1v) is 8.17. The average molecular weight is 355 g/mol. The second kappa shape index (κ2) is 7.40. The van der Waals surface area contributed by atoms with E-state index >= 15 is 0 Å². The number of hydrogen-bond acceptors (Lipinski definition) is 5. The van der Waals surface area contributed by atoms with E-state index in [1.807, 2.05) is 38.2 Å². The number of amides is 2. The van der Waals surface area contributed by atoms with Gasteiger partial charge in [-0.2, -0.15) is 0 Å².